The highest BCUT2D eigenvalue weighted by Crippen LogP contribution is 2.20. The predicted octanol–water partition coefficient (Wildman–Crippen LogP) is 3.17. The van der Waals surface area contributed by atoms with Crippen LogP contribution in [-0.4, -0.2) is 17.1 Å². The minimum atomic E-state index is -0.0638. The van der Waals surface area contributed by atoms with Crippen molar-refractivity contribution in [1.82, 2.24) is 9.97 Å². The molecule has 0 aliphatic heterocycles. The summed E-state index contributed by atoms with van der Waals surface area (Å²) in [6.07, 6.45) is 1.36. The second-order valence-corrected chi connectivity index (χ2v) is 6.44. The maximum Gasteiger partial charge on any atom is 0.264 e. The van der Waals surface area contributed by atoms with E-state index in [2.05, 4.69) is 46.4 Å². The number of halogens is 1. The molecule has 0 aliphatic rings. The Bertz CT molecular complexity index is 680. The molecule has 0 unspecified atom stereocenters. The number of aromatic nitrogens is 2. The van der Waals surface area contributed by atoms with Gasteiger partial charge in [0.1, 0.15) is 11.6 Å². The van der Waals surface area contributed by atoms with Gasteiger partial charge in [-0.3, -0.25) is 4.79 Å². The van der Waals surface area contributed by atoms with Crippen molar-refractivity contribution in [2.75, 3.05) is 7.11 Å². The molecule has 0 spiro atoms. The van der Waals surface area contributed by atoms with Crippen molar-refractivity contribution in [3.05, 3.63) is 55.3 Å². The number of benzene rings is 1. The van der Waals surface area contributed by atoms with Gasteiger partial charge in [0, 0.05) is 12.0 Å². The van der Waals surface area contributed by atoms with Crippen LogP contribution in [0, 0.1) is 9.49 Å². The lowest BCUT2D eigenvalue weighted by molar-refractivity contribution is 0.410. The van der Waals surface area contributed by atoms with Crippen LogP contribution in [0.25, 0.3) is 0 Å². The first-order chi connectivity index (χ1) is 10.0. The highest BCUT2D eigenvalue weighted by atomic mass is 127. The molecule has 0 atom stereocenters. The van der Waals surface area contributed by atoms with E-state index in [0.29, 0.717) is 21.7 Å². The van der Waals surface area contributed by atoms with Crippen LogP contribution in [-0.2, 0) is 12.8 Å². The second kappa shape index (κ2) is 7.06. The monoisotopic (exact) mass is 398 g/mol. The fourth-order valence-corrected chi connectivity index (χ4v) is 2.67. The zero-order valence-electron chi connectivity index (χ0n) is 12.4. The fraction of sp³-hybridized carbons (Fsp3) is 0.375. The number of para-hydroxylation sites is 1. The summed E-state index contributed by atoms with van der Waals surface area (Å²) in [6, 6.07) is 7.78. The molecule has 5 heteroatoms. The van der Waals surface area contributed by atoms with Gasteiger partial charge in [-0.2, -0.15) is 0 Å². The highest BCUT2D eigenvalue weighted by Gasteiger charge is 2.12. The third kappa shape index (κ3) is 4.06. The van der Waals surface area contributed by atoms with Gasteiger partial charge in [-0.25, -0.2) is 4.98 Å². The summed E-state index contributed by atoms with van der Waals surface area (Å²) in [5, 5.41) is 0. The number of rotatable bonds is 5. The Morgan fingerprint density at radius 1 is 1.33 bits per heavy atom. The first-order valence-corrected chi connectivity index (χ1v) is 7.98. The van der Waals surface area contributed by atoms with Crippen molar-refractivity contribution in [2.24, 2.45) is 5.92 Å². The normalized spacial score (nSPS) is 10.9. The van der Waals surface area contributed by atoms with E-state index in [0.717, 1.165) is 23.4 Å². The van der Waals surface area contributed by atoms with Gasteiger partial charge in [0.15, 0.2) is 0 Å². The quantitative estimate of drug-likeness (QED) is 0.788. The van der Waals surface area contributed by atoms with Crippen molar-refractivity contribution in [3.8, 4) is 5.75 Å². The van der Waals surface area contributed by atoms with Crippen LogP contribution >= 0.6 is 22.6 Å². The van der Waals surface area contributed by atoms with Crippen molar-refractivity contribution in [3.63, 3.8) is 0 Å². The van der Waals surface area contributed by atoms with E-state index in [-0.39, 0.29) is 5.56 Å². The Morgan fingerprint density at radius 3 is 2.71 bits per heavy atom. The molecule has 0 amide bonds. The zero-order chi connectivity index (χ0) is 15.4. The second-order valence-electron chi connectivity index (χ2n) is 5.36. The van der Waals surface area contributed by atoms with E-state index in [1.165, 1.54) is 0 Å². The van der Waals surface area contributed by atoms with Gasteiger partial charge in [0.05, 0.1) is 16.4 Å². The molecule has 0 saturated carbocycles. The zero-order valence-corrected chi connectivity index (χ0v) is 14.6. The number of aromatic amines is 1. The molecule has 112 valence electrons. The van der Waals surface area contributed by atoms with E-state index < -0.39 is 0 Å². The average molecular weight is 398 g/mol. The molecule has 0 fully saturated rings. The van der Waals surface area contributed by atoms with Crippen LogP contribution in [0.1, 0.15) is 30.9 Å². The first kappa shape index (κ1) is 16.0. The molecular formula is C16H19IN2O2. The standard InChI is InChI=1S/C16H19IN2O2/c1-10(2)8-12-15(17)16(20)19-14(18-12)9-11-6-4-5-7-13(11)21-3/h4-7,10H,8-9H2,1-3H3,(H,18,19,20). The van der Waals surface area contributed by atoms with Crippen LogP contribution in [0.5, 0.6) is 5.75 Å². The van der Waals surface area contributed by atoms with Crippen LogP contribution in [0.2, 0.25) is 0 Å². The van der Waals surface area contributed by atoms with E-state index in [1.54, 1.807) is 7.11 Å². The minimum Gasteiger partial charge on any atom is -0.496 e. The lowest BCUT2D eigenvalue weighted by Crippen LogP contribution is -2.19. The summed E-state index contributed by atoms with van der Waals surface area (Å²) in [5.74, 6) is 1.96. The predicted molar refractivity (Wildman–Crippen MR) is 91.9 cm³/mol. The highest BCUT2D eigenvalue weighted by molar-refractivity contribution is 14.1. The molecule has 0 saturated heterocycles. The molecule has 1 N–H and O–H groups in total. The van der Waals surface area contributed by atoms with Gasteiger partial charge in [-0.15, -0.1) is 0 Å². The maximum atomic E-state index is 12.1. The van der Waals surface area contributed by atoms with Gasteiger partial charge in [0.2, 0.25) is 0 Å². The Kier molecular flexibility index (Phi) is 5.39. The molecule has 2 aromatic rings. The lowest BCUT2D eigenvalue weighted by Gasteiger charge is -2.10. The van der Waals surface area contributed by atoms with Gasteiger partial charge in [0.25, 0.3) is 5.56 Å². The molecule has 21 heavy (non-hydrogen) atoms. The Morgan fingerprint density at radius 2 is 2.05 bits per heavy atom. The molecule has 0 radical (unpaired) electrons. The third-order valence-corrected chi connectivity index (χ3v) is 4.24. The number of hydrogen-bond acceptors (Lipinski definition) is 3. The van der Waals surface area contributed by atoms with Crippen LogP contribution in [0.4, 0.5) is 0 Å². The van der Waals surface area contributed by atoms with E-state index in [1.807, 2.05) is 24.3 Å². The van der Waals surface area contributed by atoms with Crippen LogP contribution < -0.4 is 10.3 Å². The van der Waals surface area contributed by atoms with Crippen LogP contribution in [0.15, 0.2) is 29.1 Å². The molecular weight excluding hydrogens is 379 g/mol. The molecule has 1 heterocycles. The Balaban J connectivity index is 2.36. The van der Waals surface area contributed by atoms with E-state index in [4.69, 9.17) is 4.74 Å². The average Bonchev–Trinajstić information content (AvgIpc) is 2.44. The number of H-pyrrole nitrogens is 1. The van der Waals surface area contributed by atoms with Gasteiger partial charge >= 0.3 is 0 Å². The van der Waals surface area contributed by atoms with Crippen molar-refractivity contribution >= 4 is 22.6 Å². The topological polar surface area (TPSA) is 55.0 Å². The SMILES string of the molecule is COc1ccccc1Cc1nc(CC(C)C)c(I)c(=O)[nH]1. The lowest BCUT2D eigenvalue weighted by atomic mass is 10.1. The number of methoxy groups -OCH3 is 1. The maximum absolute atomic E-state index is 12.1. The Labute approximate surface area is 138 Å². The van der Waals surface area contributed by atoms with Crippen molar-refractivity contribution in [1.29, 1.82) is 0 Å². The Hall–Kier alpha value is -1.37. The molecule has 4 nitrogen and oxygen atoms in total. The van der Waals surface area contributed by atoms with Crippen molar-refractivity contribution < 1.29 is 4.74 Å². The van der Waals surface area contributed by atoms with Gasteiger partial charge < -0.3 is 9.72 Å². The molecule has 1 aromatic carbocycles. The smallest absolute Gasteiger partial charge is 0.264 e. The number of nitrogens with one attached hydrogen (secondary N) is 1. The van der Waals surface area contributed by atoms with Crippen LogP contribution in [0.3, 0.4) is 0 Å². The molecule has 1 aromatic heterocycles. The van der Waals surface area contributed by atoms with E-state index >= 15 is 0 Å². The summed E-state index contributed by atoms with van der Waals surface area (Å²) in [5.41, 5.74) is 1.82. The number of hydrogen-bond donors (Lipinski definition) is 1. The molecule has 2 rings (SSSR count). The largest absolute Gasteiger partial charge is 0.496 e. The summed E-state index contributed by atoms with van der Waals surface area (Å²) < 4.78 is 6.03. The molecule has 0 bridgehead atoms. The summed E-state index contributed by atoms with van der Waals surface area (Å²) in [7, 11) is 1.65. The minimum absolute atomic E-state index is 0.0638. The van der Waals surface area contributed by atoms with Gasteiger partial charge in [-0.05, 0) is 41.0 Å². The van der Waals surface area contributed by atoms with E-state index in [9.17, 15) is 4.79 Å². The van der Waals surface area contributed by atoms with Crippen molar-refractivity contribution in [2.45, 2.75) is 26.7 Å². The fourth-order valence-electron chi connectivity index (χ4n) is 2.19. The molecule has 0 aliphatic carbocycles. The summed E-state index contributed by atoms with van der Waals surface area (Å²) in [4.78, 5) is 19.5. The number of nitrogens with zero attached hydrogens (tertiary/aromatic N) is 1. The van der Waals surface area contributed by atoms with Gasteiger partial charge in [-0.1, -0.05) is 32.0 Å². The first-order valence-electron chi connectivity index (χ1n) is 6.90. The third-order valence-electron chi connectivity index (χ3n) is 3.13. The summed E-state index contributed by atoms with van der Waals surface area (Å²) in [6.45, 7) is 4.25. The summed E-state index contributed by atoms with van der Waals surface area (Å²) >= 11 is 2.07. The number of ether oxygens (including phenoxy) is 1.